The Kier molecular flexibility index (Phi) is 7.49. The Balaban J connectivity index is 2.16. The van der Waals surface area contributed by atoms with Gasteiger partial charge in [-0.15, -0.1) is 11.3 Å². The third kappa shape index (κ3) is 4.51. The number of hydrogen-bond donors (Lipinski definition) is 1. The van der Waals surface area contributed by atoms with Crippen LogP contribution in [0.5, 0.6) is 11.5 Å². The Morgan fingerprint density at radius 3 is 2.27 bits per heavy atom. The number of para-hydroxylation sites is 2. The number of rotatable bonds is 7. The number of aromatic nitrogens is 1. The number of thiazole rings is 1. The standard InChI is InChI=1S/C27H26N2O7S/c1-5-36-27(32)22-20(16-11-7-9-13-18(16)34-3)21(26(31)35-4)23(28)29-24(30)19(37-25(22)29)14-15-10-6-8-12-17(15)33-2/h6-14,20H,5,28H2,1-4H3/b19-14-/t20-/m0/s1. The average Bonchev–Trinajstić information content (AvgIpc) is 3.23. The molecule has 0 saturated carbocycles. The first-order valence-electron chi connectivity index (χ1n) is 11.4. The van der Waals surface area contributed by atoms with E-state index in [1.54, 1.807) is 49.4 Å². The molecule has 192 valence electrons. The van der Waals surface area contributed by atoms with Gasteiger partial charge >= 0.3 is 11.9 Å². The summed E-state index contributed by atoms with van der Waals surface area (Å²) in [6.45, 7) is 1.76. The van der Waals surface area contributed by atoms with E-state index in [9.17, 15) is 14.4 Å². The SMILES string of the molecule is CCOC(=O)C1=c2s/c(=C\c3ccccc3OC)c(=O)n2C(N)=C(C(=O)OC)[C@@H]1c1ccccc1OC. The highest BCUT2D eigenvalue weighted by atomic mass is 32.1. The molecule has 0 saturated heterocycles. The van der Waals surface area contributed by atoms with Gasteiger partial charge in [0.1, 0.15) is 22.0 Å². The largest absolute Gasteiger partial charge is 0.496 e. The van der Waals surface area contributed by atoms with E-state index >= 15 is 0 Å². The van der Waals surface area contributed by atoms with Crippen LogP contribution in [-0.4, -0.2) is 44.4 Å². The molecule has 2 aromatic carbocycles. The van der Waals surface area contributed by atoms with Crippen molar-refractivity contribution in [1.82, 2.24) is 4.57 Å². The molecule has 10 heteroatoms. The highest BCUT2D eigenvalue weighted by molar-refractivity contribution is 7.07. The van der Waals surface area contributed by atoms with Gasteiger partial charge in [-0.1, -0.05) is 36.4 Å². The Hall–Kier alpha value is -4.31. The molecule has 0 fully saturated rings. The topological polar surface area (TPSA) is 119 Å². The van der Waals surface area contributed by atoms with E-state index in [0.29, 0.717) is 22.6 Å². The molecular formula is C27H26N2O7S. The fraction of sp³-hybridized carbons (Fsp3) is 0.222. The summed E-state index contributed by atoms with van der Waals surface area (Å²) in [6.07, 6.45) is 1.66. The molecular weight excluding hydrogens is 496 g/mol. The molecule has 3 aromatic rings. The summed E-state index contributed by atoms with van der Waals surface area (Å²) in [5.74, 6) is -1.61. The molecule has 0 spiro atoms. The summed E-state index contributed by atoms with van der Waals surface area (Å²) in [5.41, 5.74) is 7.18. The fourth-order valence-electron chi connectivity index (χ4n) is 4.31. The molecule has 1 aliphatic rings. The summed E-state index contributed by atoms with van der Waals surface area (Å²) in [4.78, 5) is 40.1. The summed E-state index contributed by atoms with van der Waals surface area (Å²) in [7, 11) is 4.23. The predicted octanol–water partition coefficient (Wildman–Crippen LogP) is 1.57. The first-order chi connectivity index (χ1) is 17.9. The van der Waals surface area contributed by atoms with Crippen LogP contribution in [0.4, 0.5) is 0 Å². The predicted molar refractivity (Wildman–Crippen MR) is 140 cm³/mol. The van der Waals surface area contributed by atoms with Crippen LogP contribution in [-0.2, 0) is 19.1 Å². The van der Waals surface area contributed by atoms with Crippen LogP contribution in [0.2, 0.25) is 0 Å². The molecule has 1 atom stereocenters. The van der Waals surface area contributed by atoms with Gasteiger partial charge in [-0.25, -0.2) is 9.59 Å². The number of benzene rings is 2. The number of nitrogens with two attached hydrogens (primary N) is 1. The lowest BCUT2D eigenvalue weighted by molar-refractivity contribution is -0.136. The molecule has 0 aliphatic carbocycles. The van der Waals surface area contributed by atoms with E-state index in [4.69, 9.17) is 24.7 Å². The number of esters is 2. The monoisotopic (exact) mass is 522 g/mol. The molecule has 37 heavy (non-hydrogen) atoms. The molecule has 9 nitrogen and oxygen atoms in total. The van der Waals surface area contributed by atoms with Crippen molar-refractivity contribution in [3.63, 3.8) is 0 Å². The van der Waals surface area contributed by atoms with Crippen molar-refractivity contribution in [3.8, 4) is 11.5 Å². The van der Waals surface area contributed by atoms with Crippen molar-refractivity contribution in [2.75, 3.05) is 27.9 Å². The van der Waals surface area contributed by atoms with Crippen molar-refractivity contribution < 1.29 is 28.5 Å². The number of fused-ring (bicyclic) bond motifs is 1. The lowest BCUT2D eigenvalue weighted by Gasteiger charge is -2.27. The smallest absolute Gasteiger partial charge is 0.338 e. The second kappa shape index (κ2) is 10.8. The molecule has 4 rings (SSSR count). The minimum Gasteiger partial charge on any atom is -0.496 e. The average molecular weight is 523 g/mol. The quantitative estimate of drug-likeness (QED) is 0.465. The van der Waals surface area contributed by atoms with E-state index in [1.165, 1.54) is 21.3 Å². The van der Waals surface area contributed by atoms with Crippen LogP contribution in [0.25, 0.3) is 17.5 Å². The number of hydrogen-bond acceptors (Lipinski definition) is 9. The normalized spacial score (nSPS) is 15.3. The van der Waals surface area contributed by atoms with E-state index in [1.807, 2.05) is 12.1 Å². The van der Waals surface area contributed by atoms with Gasteiger partial charge in [0.2, 0.25) is 0 Å². The van der Waals surface area contributed by atoms with Crippen molar-refractivity contribution in [1.29, 1.82) is 0 Å². The maximum atomic E-state index is 13.6. The maximum Gasteiger partial charge on any atom is 0.338 e. The fourth-order valence-corrected chi connectivity index (χ4v) is 5.46. The minimum atomic E-state index is -1.00. The van der Waals surface area contributed by atoms with Crippen molar-refractivity contribution >= 4 is 40.7 Å². The summed E-state index contributed by atoms with van der Waals surface area (Å²) >= 11 is 1.07. The second-order valence-corrected chi connectivity index (χ2v) is 8.93. The second-order valence-electron chi connectivity index (χ2n) is 7.90. The molecule has 0 amide bonds. The van der Waals surface area contributed by atoms with Crippen molar-refractivity contribution in [2.45, 2.75) is 12.8 Å². The van der Waals surface area contributed by atoms with Gasteiger partial charge in [0.15, 0.2) is 0 Å². The van der Waals surface area contributed by atoms with Crippen LogP contribution in [0, 0.1) is 0 Å². The van der Waals surface area contributed by atoms with Crippen molar-refractivity contribution in [3.05, 3.63) is 84.8 Å². The third-order valence-electron chi connectivity index (χ3n) is 5.92. The van der Waals surface area contributed by atoms with Crippen LogP contribution < -0.4 is 30.0 Å². The number of nitrogens with zero attached hydrogens (tertiary/aromatic N) is 1. The van der Waals surface area contributed by atoms with Crippen molar-refractivity contribution in [2.24, 2.45) is 5.73 Å². The Morgan fingerprint density at radius 2 is 1.62 bits per heavy atom. The zero-order chi connectivity index (χ0) is 26.7. The molecule has 1 aliphatic heterocycles. The van der Waals surface area contributed by atoms with Gasteiger partial charge in [0.25, 0.3) is 5.56 Å². The lowest BCUT2D eigenvalue weighted by Crippen LogP contribution is -2.41. The molecule has 0 unspecified atom stereocenters. The van der Waals surface area contributed by atoms with Crippen LogP contribution >= 0.6 is 11.3 Å². The van der Waals surface area contributed by atoms with Gasteiger partial charge in [-0.2, -0.15) is 0 Å². The maximum absolute atomic E-state index is 13.6. The van der Waals surface area contributed by atoms with Crippen LogP contribution in [0.3, 0.4) is 0 Å². The van der Waals surface area contributed by atoms with E-state index in [2.05, 4.69) is 0 Å². The molecule has 1 aromatic heterocycles. The number of carbonyl (C=O) groups excluding carboxylic acids is 2. The zero-order valence-electron chi connectivity index (χ0n) is 20.8. The number of ether oxygens (including phenoxy) is 4. The van der Waals surface area contributed by atoms with Gasteiger partial charge in [-0.05, 0) is 25.1 Å². The zero-order valence-corrected chi connectivity index (χ0v) is 21.6. The van der Waals surface area contributed by atoms with E-state index < -0.39 is 23.4 Å². The Morgan fingerprint density at radius 1 is 0.973 bits per heavy atom. The number of methoxy groups -OCH3 is 3. The Labute approximate surface area is 216 Å². The molecule has 2 N–H and O–H groups in total. The van der Waals surface area contributed by atoms with Gasteiger partial charge in [0, 0.05) is 11.1 Å². The van der Waals surface area contributed by atoms with Crippen LogP contribution in [0.1, 0.15) is 24.0 Å². The number of carbonyl (C=O) groups is 2. The molecule has 0 bridgehead atoms. The minimum absolute atomic E-state index is 0.0636. The lowest BCUT2D eigenvalue weighted by atomic mass is 9.82. The summed E-state index contributed by atoms with van der Waals surface area (Å²) in [6, 6.07) is 14.2. The highest BCUT2D eigenvalue weighted by Crippen LogP contribution is 2.41. The summed E-state index contributed by atoms with van der Waals surface area (Å²) in [5, 5.41) is 0. The van der Waals surface area contributed by atoms with E-state index in [0.717, 1.165) is 15.9 Å². The first-order valence-corrected chi connectivity index (χ1v) is 12.2. The van der Waals surface area contributed by atoms with Gasteiger partial charge in [-0.3, -0.25) is 9.36 Å². The molecule has 2 heterocycles. The van der Waals surface area contributed by atoms with Gasteiger partial charge < -0.3 is 24.7 Å². The van der Waals surface area contributed by atoms with Gasteiger partial charge in [0.05, 0.1) is 49.5 Å². The highest BCUT2D eigenvalue weighted by Gasteiger charge is 2.41. The third-order valence-corrected chi connectivity index (χ3v) is 7.03. The summed E-state index contributed by atoms with van der Waals surface area (Å²) < 4.78 is 23.1. The van der Waals surface area contributed by atoms with E-state index in [-0.39, 0.29) is 32.8 Å². The Bertz CT molecular complexity index is 1580. The van der Waals surface area contributed by atoms with Crippen LogP contribution in [0.15, 0.2) is 58.9 Å². The molecule has 0 radical (unpaired) electrons. The first kappa shape index (κ1) is 25.8.